The van der Waals surface area contributed by atoms with Crippen LogP contribution in [0.1, 0.15) is 18.9 Å². The quantitative estimate of drug-likeness (QED) is 0.777. The molecule has 1 aromatic heterocycles. The van der Waals surface area contributed by atoms with Gasteiger partial charge in [0.2, 0.25) is 5.91 Å². The summed E-state index contributed by atoms with van der Waals surface area (Å²) in [6, 6.07) is 7.35. The van der Waals surface area contributed by atoms with Gasteiger partial charge in [0.15, 0.2) is 17.1 Å². The molecular formula is C14H18N4O3S. The van der Waals surface area contributed by atoms with Crippen LogP contribution in [0.15, 0.2) is 29.4 Å². The van der Waals surface area contributed by atoms with Gasteiger partial charge >= 0.3 is 0 Å². The SMILES string of the molecule is COc1cccc(OC(C)c2nnc(SCC(N)=O)n2C)c1. The van der Waals surface area contributed by atoms with E-state index in [0.717, 1.165) is 5.75 Å². The zero-order chi connectivity index (χ0) is 16.1. The van der Waals surface area contributed by atoms with E-state index >= 15 is 0 Å². The monoisotopic (exact) mass is 322 g/mol. The zero-order valence-electron chi connectivity index (χ0n) is 12.6. The third-order valence-electron chi connectivity index (χ3n) is 2.93. The molecule has 0 saturated heterocycles. The normalized spacial score (nSPS) is 12.0. The summed E-state index contributed by atoms with van der Waals surface area (Å²) in [4.78, 5) is 10.8. The van der Waals surface area contributed by atoms with Gasteiger partial charge in [-0.25, -0.2) is 0 Å². The summed E-state index contributed by atoms with van der Waals surface area (Å²) < 4.78 is 12.8. The summed E-state index contributed by atoms with van der Waals surface area (Å²) in [6.07, 6.45) is -0.299. The first-order valence-corrected chi connectivity index (χ1v) is 7.61. The standard InChI is InChI=1S/C14H18N4O3S/c1-9(21-11-6-4-5-10(7-11)20-3)13-16-17-14(18(13)2)22-8-12(15)19/h4-7,9H,8H2,1-3H3,(H2,15,19). The van der Waals surface area contributed by atoms with E-state index in [1.807, 2.05) is 32.2 Å². The van der Waals surface area contributed by atoms with E-state index in [-0.39, 0.29) is 11.9 Å². The van der Waals surface area contributed by atoms with Gasteiger partial charge in [0.25, 0.3) is 0 Å². The number of aromatic nitrogens is 3. The van der Waals surface area contributed by atoms with Gasteiger partial charge in [-0.2, -0.15) is 0 Å². The Morgan fingerprint density at radius 3 is 2.82 bits per heavy atom. The molecule has 1 amide bonds. The Hall–Kier alpha value is -2.22. The van der Waals surface area contributed by atoms with Crippen LogP contribution in [-0.4, -0.2) is 33.5 Å². The molecule has 8 heteroatoms. The molecule has 0 aliphatic rings. The van der Waals surface area contributed by atoms with E-state index in [1.165, 1.54) is 11.8 Å². The van der Waals surface area contributed by atoms with Gasteiger partial charge in [-0.05, 0) is 19.1 Å². The van der Waals surface area contributed by atoms with Crippen molar-refractivity contribution in [3.63, 3.8) is 0 Å². The van der Waals surface area contributed by atoms with Crippen LogP contribution in [0.2, 0.25) is 0 Å². The van der Waals surface area contributed by atoms with Gasteiger partial charge < -0.3 is 19.8 Å². The third kappa shape index (κ3) is 3.91. The Balaban J connectivity index is 2.09. The summed E-state index contributed by atoms with van der Waals surface area (Å²) in [5.74, 6) is 1.84. The zero-order valence-corrected chi connectivity index (χ0v) is 13.5. The molecule has 0 aliphatic carbocycles. The minimum atomic E-state index is -0.393. The van der Waals surface area contributed by atoms with Crippen LogP contribution in [0.3, 0.4) is 0 Å². The van der Waals surface area contributed by atoms with E-state index in [9.17, 15) is 4.79 Å². The predicted octanol–water partition coefficient (Wildman–Crippen LogP) is 1.54. The topological polar surface area (TPSA) is 92.3 Å². The molecule has 2 aromatic rings. The van der Waals surface area contributed by atoms with E-state index in [2.05, 4.69) is 10.2 Å². The van der Waals surface area contributed by atoms with Gasteiger partial charge in [-0.15, -0.1) is 10.2 Å². The second kappa shape index (κ2) is 7.17. The van der Waals surface area contributed by atoms with Crippen molar-refractivity contribution in [3.8, 4) is 11.5 Å². The Bertz CT molecular complexity index is 659. The molecular weight excluding hydrogens is 304 g/mol. The number of amides is 1. The Kier molecular flexibility index (Phi) is 5.26. The number of hydrogen-bond donors (Lipinski definition) is 1. The summed E-state index contributed by atoms with van der Waals surface area (Å²) in [5.41, 5.74) is 5.13. The van der Waals surface area contributed by atoms with Crippen molar-refractivity contribution < 1.29 is 14.3 Å². The molecule has 7 nitrogen and oxygen atoms in total. The smallest absolute Gasteiger partial charge is 0.227 e. The van der Waals surface area contributed by atoms with Crippen molar-refractivity contribution in [2.75, 3.05) is 12.9 Å². The first-order chi connectivity index (χ1) is 10.5. The van der Waals surface area contributed by atoms with Crippen molar-refractivity contribution >= 4 is 17.7 Å². The first-order valence-electron chi connectivity index (χ1n) is 6.62. The average Bonchev–Trinajstić information content (AvgIpc) is 2.86. The number of rotatable bonds is 7. The molecule has 2 rings (SSSR count). The van der Waals surface area contributed by atoms with E-state index < -0.39 is 5.91 Å². The molecule has 0 bridgehead atoms. The number of methoxy groups -OCH3 is 1. The number of thioether (sulfide) groups is 1. The second-order valence-electron chi connectivity index (χ2n) is 4.59. The van der Waals surface area contributed by atoms with Gasteiger partial charge in [0, 0.05) is 13.1 Å². The molecule has 1 unspecified atom stereocenters. The highest BCUT2D eigenvalue weighted by Crippen LogP contribution is 2.25. The van der Waals surface area contributed by atoms with Crippen LogP contribution >= 0.6 is 11.8 Å². The highest BCUT2D eigenvalue weighted by molar-refractivity contribution is 7.99. The summed E-state index contributed by atoms with van der Waals surface area (Å²) in [6.45, 7) is 1.88. The van der Waals surface area contributed by atoms with Crippen molar-refractivity contribution in [1.29, 1.82) is 0 Å². The minimum absolute atomic E-state index is 0.164. The Labute approximate surface area is 132 Å². The molecule has 0 fully saturated rings. The Morgan fingerprint density at radius 2 is 2.14 bits per heavy atom. The molecule has 1 atom stereocenters. The third-order valence-corrected chi connectivity index (χ3v) is 3.97. The maximum atomic E-state index is 10.8. The lowest BCUT2D eigenvalue weighted by atomic mass is 10.3. The fourth-order valence-electron chi connectivity index (χ4n) is 1.87. The largest absolute Gasteiger partial charge is 0.497 e. The molecule has 0 saturated carbocycles. The van der Waals surface area contributed by atoms with Crippen molar-refractivity contribution in [1.82, 2.24) is 14.8 Å². The lowest BCUT2D eigenvalue weighted by Crippen LogP contribution is -2.14. The van der Waals surface area contributed by atoms with Crippen LogP contribution in [0.4, 0.5) is 0 Å². The lowest BCUT2D eigenvalue weighted by molar-refractivity contribution is -0.115. The lowest BCUT2D eigenvalue weighted by Gasteiger charge is -2.14. The van der Waals surface area contributed by atoms with Crippen LogP contribution in [0.5, 0.6) is 11.5 Å². The van der Waals surface area contributed by atoms with Crippen LogP contribution < -0.4 is 15.2 Å². The van der Waals surface area contributed by atoms with Gasteiger partial charge in [-0.1, -0.05) is 17.8 Å². The van der Waals surface area contributed by atoms with Crippen molar-refractivity contribution in [2.45, 2.75) is 18.2 Å². The number of nitrogens with zero attached hydrogens (tertiary/aromatic N) is 3. The fourth-order valence-corrected chi connectivity index (χ4v) is 2.53. The number of primary amides is 1. The fraction of sp³-hybridized carbons (Fsp3) is 0.357. The molecule has 22 heavy (non-hydrogen) atoms. The molecule has 0 radical (unpaired) electrons. The molecule has 0 spiro atoms. The average molecular weight is 322 g/mol. The van der Waals surface area contributed by atoms with Gasteiger partial charge in [0.05, 0.1) is 12.9 Å². The van der Waals surface area contributed by atoms with E-state index in [4.69, 9.17) is 15.2 Å². The van der Waals surface area contributed by atoms with Crippen LogP contribution in [0, 0.1) is 0 Å². The molecule has 2 N–H and O–H groups in total. The van der Waals surface area contributed by atoms with Crippen LogP contribution in [0.25, 0.3) is 0 Å². The van der Waals surface area contributed by atoms with E-state index in [1.54, 1.807) is 17.7 Å². The maximum Gasteiger partial charge on any atom is 0.227 e. The second-order valence-corrected chi connectivity index (χ2v) is 5.54. The summed E-state index contributed by atoms with van der Waals surface area (Å²) in [5, 5.41) is 8.78. The summed E-state index contributed by atoms with van der Waals surface area (Å²) in [7, 11) is 3.43. The summed E-state index contributed by atoms with van der Waals surface area (Å²) >= 11 is 1.25. The number of hydrogen-bond acceptors (Lipinski definition) is 6. The number of carbonyl (C=O) groups excluding carboxylic acids is 1. The number of nitrogens with two attached hydrogens (primary N) is 1. The van der Waals surface area contributed by atoms with Crippen LogP contribution in [-0.2, 0) is 11.8 Å². The maximum absolute atomic E-state index is 10.8. The van der Waals surface area contributed by atoms with Gasteiger partial charge in [0.1, 0.15) is 11.5 Å². The predicted molar refractivity (Wildman–Crippen MR) is 83.0 cm³/mol. The minimum Gasteiger partial charge on any atom is -0.497 e. The number of ether oxygens (including phenoxy) is 2. The first kappa shape index (κ1) is 16.2. The molecule has 0 aliphatic heterocycles. The van der Waals surface area contributed by atoms with Gasteiger partial charge in [-0.3, -0.25) is 4.79 Å². The van der Waals surface area contributed by atoms with E-state index in [0.29, 0.717) is 16.7 Å². The van der Waals surface area contributed by atoms with Crippen molar-refractivity contribution in [3.05, 3.63) is 30.1 Å². The number of benzene rings is 1. The van der Waals surface area contributed by atoms with Crippen molar-refractivity contribution in [2.24, 2.45) is 12.8 Å². The molecule has 1 heterocycles. The molecule has 1 aromatic carbocycles. The number of carbonyl (C=O) groups is 1. The molecule has 118 valence electrons. The highest BCUT2D eigenvalue weighted by atomic mass is 32.2. The Morgan fingerprint density at radius 1 is 1.41 bits per heavy atom. The highest BCUT2D eigenvalue weighted by Gasteiger charge is 2.17.